The van der Waals surface area contributed by atoms with Gasteiger partial charge in [-0.05, 0) is 62.2 Å². The highest BCUT2D eigenvalue weighted by Crippen LogP contribution is 2.25. The summed E-state index contributed by atoms with van der Waals surface area (Å²) in [6.07, 6.45) is 3.85. The molecule has 3 heteroatoms. The molecule has 0 amide bonds. The molecule has 0 aliphatic carbocycles. The number of aryl methyl sites for hydroxylation is 2. The van der Waals surface area contributed by atoms with Crippen LogP contribution < -0.4 is 10.1 Å². The monoisotopic (exact) mass is 270 g/mol. The number of nitrogens with zero attached hydrogens (tertiary/aromatic N) is 1. The first-order valence-corrected chi connectivity index (χ1v) is 6.96. The van der Waals surface area contributed by atoms with Gasteiger partial charge in [0.2, 0.25) is 0 Å². The maximum absolute atomic E-state index is 5.26. The van der Waals surface area contributed by atoms with Gasteiger partial charge in [0.25, 0.3) is 0 Å². The van der Waals surface area contributed by atoms with Gasteiger partial charge in [0.15, 0.2) is 0 Å². The van der Waals surface area contributed by atoms with Crippen molar-refractivity contribution in [1.82, 2.24) is 10.3 Å². The predicted octanol–water partition coefficient (Wildman–Crippen LogP) is 3.29. The molecule has 1 aromatic heterocycles. The third-order valence-corrected chi connectivity index (χ3v) is 3.62. The lowest BCUT2D eigenvalue weighted by Gasteiger charge is -2.19. The van der Waals surface area contributed by atoms with Crippen LogP contribution in [0.3, 0.4) is 0 Å². The lowest BCUT2D eigenvalue weighted by molar-refractivity contribution is 0.414. The smallest absolute Gasteiger partial charge is 0.119 e. The zero-order chi connectivity index (χ0) is 14.4. The highest BCUT2D eigenvalue weighted by Gasteiger charge is 2.12. The Morgan fingerprint density at radius 2 is 2.10 bits per heavy atom. The van der Waals surface area contributed by atoms with Gasteiger partial charge in [-0.3, -0.25) is 4.98 Å². The molecule has 0 aliphatic heterocycles. The lowest BCUT2D eigenvalue weighted by Crippen LogP contribution is -2.18. The zero-order valence-corrected chi connectivity index (χ0v) is 12.4. The molecule has 2 aromatic rings. The van der Waals surface area contributed by atoms with E-state index in [0.717, 1.165) is 24.3 Å². The number of rotatable bonds is 6. The molecule has 3 nitrogen and oxygen atoms in total. The predicted molar refractivity (Wildman–Crippen MR) is 82.1 cm³/mol. The van der Waals surface area contributed by atoms with E-state index in [9.17, 15) is 0 Å². The lowest BCUT2D eigenvalue weighted by atomic mass is 9.96. The third-order valence-electron chi connectivity index (χ3n) is 3.62. The van der Waals surface area contributed by atoms with E-state index in [1.54, 1.807) is 7.11 Å². The first kappa shape index (κ1) is 14.5. The van der Waals surface area contributed by atoms with Crippen LogP contribution >= 0.6 is 0 Å². The Morgan fingerprint density at radius 3 is 2.70 bits per heavy atom. The van der Waals surface area contributed by atoms with E-state index in [4.69, 9.17) is 4.74 Å². The molecule has 0 saturated heterocycles. The number of ether oxygens (including phenoxy) is 1. The van der Waals surface area contributed by atoms with Gasteiger partial charge in [-0.1, -0.05) is 12.1 Å². The second kappa shape index (κ2) is 7.06. The van der Waals surface area contributed by atoms with E-state index >= 15 is 0 Å². The minimum Gasteiger partial charge on any atom is -0.497 e. The van der Waals surface area contributed by atoms with Crippen molar-refractivity contribution in [2.75, 3.05) is 14.2 Å². The molecule has 20 heavy (non-hydrogen) atoms. The fraction of sp³-hybridized carbons (Fsp3) is 0.353. The van der Waals surface area contributed by atoms with Crippen LogP contribution in [-0.2, 0) is 6.42 Å². The van der Waals surface area contributed by atoms with Gasteiger partial charge in [0.05, 0.1) is 7.11 Å². The van der Waals surface area contributed by atoms with Crippen LogP contribution in [0.5, 0.6) is 5.75 Å². The molecule has 0 bridgehead atoms. The molecule has 1 unspecified atom stereocenters. The van der Waals surface area contributed by atoms with Crippen LogP contribution in [-0.4, -0.2) is 19.1 Å². The Hall–Kier alpha value is -1.87. The van der Waals surface area contributed by atoms with Crippen molar-refractivity contribution in [3.63, 3.8) is 0 Å². The van der Waals surface area contributed by atoms with Gasteiger partial charge in [-0.15, -0.1) is 0 Å². The van der Waals surface area contributed by atoms with Crippen molar-refractivity contribution in [2.45, 2.75) is 25.8 Å². The van der Waals surface area contributed by atoms with Gasteiger partial charge in [0, 0.05) is 17.9 Å². The Labute approximate surface area is 121 Å². The molecule has 0 radical (unpaired) electrons. The fourth-order valence-corrected chi connectivity index (χ4v) is 2.46. The van der Waals surface area contributed by atoms with E-state index in [-0.39, 0.29) is 0 Å². The molecule has 1 aromatic carbocycles. The van der Waals surface area contributed by atoms with Crippen molar-refractivity contribution in [3.8, 4) is 5.75 Å². The minimum absolute atomic E-state index is 0.336. The summed E-state index contributed by atoms with van der Waals surface area (Å²) in [6.45, 7) is 2.13. The van der Waals surface area contributed by atoms with Crippen molar-refractivity contribution in [3.05, 3.63) is 59.4 Å². The zero-order valence-electron chi connectivity index (χ0n) is 12.4. The normalized spacial score (nSPS) is 12.2. The van der Waals surface area contributed by atoms with Gasteiger partial charge in [-0.2, -0.15) is 0 Å². The minimum atomic E-state index is 0.336. The molecular weight excluding hydrogens is 248 g/mol. The first-order valence-electron chi connectivity index (χ1n) is 6.96. The summed E-state index contributed by atoms with van der Waals surface area (Å²) in [6, 6.07) is 12.7. The van der Waals surface area contributed by atoms with Crippen molar-refractivity contribution in [2.24, 2.45) is 0 Å². The first-order chi connectivity index (χ1) is 9.74. The summed E-state index contributed by atoms with van der Waals surface area (Å²) in [4.78, 5) is 4.38. The Balaban J connectivity index is 2.08. The van der Waals surface area contributed by atoms with Gasteiger partial charge in [0.1, 0.15) is 5.75 Å². The van der Waals surface area contributed by atoms with E-state index < -0.39 is 0 Å². The molecule has 1 atom stereocenters. The SMILES string of the molecule is CNC(CCc1ccccn1)c1ccc(OC)cc1C. The molecule has 0 aliphatic rings. The van der Waals surface area contributed by atoms with Crippen LogP contribution in [0.2, 0.25) is 0 Å². The summed E-state index contributed by atoms with van der Waals surface area (Å²) >= 11 is 0. The molecule has 0 spiro atoms. The van der Waals surface area contributed by atoms with Crippen LogP contribution in [0.1, 0.15) is 29.3 Å². The molecule has 0 saturated carbocycles. The van der Waals surface area contributed by atoms with Crippen molar-refractivity contribution in [1.29, 1.82) is 0 Å². The summed E-state index contributed by atoms with van der Waals surface area (Å²) in [5, 5.41) is 3.40. The van der Waals surface area contributed by atoms with E-state index in [2.05, 4.69) is 35.4 Å². The number of hydrogen-bond donors (Lipinski definition) is 1. The topological polar surface area (TPSA) is 34.2 Å². The Morgan fingerprint density at radius 1 is 1.25 bits per heavy atom. The second-order valence-electron chi connectivity index (χ2n) is 4.92. The number of nitrogens with one attached hydrogen (secondary N) is 1. The number of benzene rings is 1. The van der Waals surface area contributed by atoms with E-state index in [1.807, 2.05) is 31.4 Å². The maximum atomic E-state index is 5.26. The second-order valence-corrected chi connectivity index (χ2v) is 4.92. The largest absolute Gasteiger partial charge is 0.497 e. The molecule has 1 heterocycles. The third kappa shape index (κ3) is 3.58. The quantitative estimate of drug-likeness (QED) is 0.874. The standard InChI is InChI=1S/C17H22N2O/c1-13-12-15(20-3)8-9-16(13)17(18-2)10-7-14-6-4-5-11-19-14/h4-6,8-9,11-12,17-18H,7,10H2,1-3H3. The number of pyridine rings is 1. The average Bonchev–Trinajstić information content (AvgIpc) is 2.50. The number of methoxy groups -OCH3 is 1. The molecule has 0 fully saturated rings. The highest BCUT2D eigenvalue weighted by atomic mass is 16.5. The van der Waals surface area contributed by atoms with Crippen LogP contribution in [0.4, 0.5) is 0 Å². The average molecular weight is 270 g/mol. The molecule has 2 rings (SSSR count). The Kier molecular flexibility index (Phi) is 5.13. The molecule has 106 valence electrons. The van der Waals surface area contributed by atoms with Gasteiger partial charge < -0.3 is 10.1 Å². The summed E-state index contributed by atoms with van der Waals surface area (Å²) in [7, 11) is 3.71. The van der Waals surface area contributed by atoms with E-state index in [0.29, 0.717) is 6.04 Å². The van der Waals surface area contributed by atoms with Crippen LogP contribution in [0, 0.1) is 6.92 Å². The number of hydrogen-bond acceptors (Lipinski definition) is 3. The van der Waals surface area contributed by atoms with Gasteiger partial charge in [-0.25, -0.2) is 0 Å². The van der Waals surface area contributed by atoms with Crippen LogP contribution in [0.25, 0.3) is 0 Å². The van der Waals surface area contributed by atoms with Crippen molar-refractivity contribution >= 4 is 0 Å². The highest BCUT2D eigenvalue weighted by molar-refractivity contribution is 5.36. The summed E-state index contributed by atoms with van der Waals surface area (Å²) in [5.41, 5.74) is 3.72. The van der Waals surface area contributed by atoms with Gasteiger partial charge >= 0.3 is 0 Å². The molecular formula is C17H22N2O. The summed E-state index contributed by atoms with van der Waals surface area (Å²) in [5.74, 6) is 0.908. The number of aromatic nitrogens is 1. The maximum Gasteiger partial charge on any atom is 0.119 e. The van der Waals surface area contributed by atoms with Crippen molar-refractivity contribution < 1.29 is 4.74 Å². The Bertz CT molecular complexity index is 540. The fourth-order valence-electron chi connectivity index (χ4n) is 2.46. The summed E-state index contributed by atoms with van der Waals surface area (Å²) < 4.78 is 5.26. The van der Waals surface area contributed by atoms with Crippen LogP contribution in [0.15, 0.2) is 42.6 Å². The molecule has 1 N–H and O–H groups in total. The van der Waals surface area contributed by atoms with E-state index in [1.165, 1.54) is 11.1 Å².